The third-order valence-corrected chi connectivity index (χ3v) is 11.9. The van der Waals surface area contributed by atoms with E-state index in [1.165, 1.54) is 12.0 Å². The molecule has 0 spiro atoms. The predicted molar refractivity (Wildman–Crippen MR) is 104 cm³/mol. The second kappa shape index (κ2) is 9.49. The number of allylic oxidation sites excluding steroid dienone is 2. The van der Waals surface area contributed by atoms with Crippen molar-refractivity contribution in [2.75, 3.05) is 26.4 Å². The number of fused-ring (bicyclic) bond motifs is 1. The summed E-state index contributed by atoms with van der Waals surface area (Å²) in [7, 11) is -7.46. The zero-order valence-corrected chi connectivity index (χ0v) is 18.4. The molecule has 0 aliphatic heterocycles. The maximum atomic E-state index is 14.0. The summed E-state index contributed by atoms with van der Waals surface area (Å²) in [6.07, 6.45) is 7.27. The minimum absolute atomic E-state index is 0.221. The first-order valence-electron chi connectivity index (χ1n) is 9.89. The third-order valence-electron chi connectivity index (χ3n) is 5.27. The van der Waals surface area contributed by atoms with Gasteiger partial charge in [-0.1, -0.05) is 18.1 Å². The van der Waals surface area contributed by atoms with Gasteiger partial charge in [-0.3, -0.25) is 9.13 Å². The second-order valence-corrected chi connectivity index (χ2v) is 11.9. The van der Waals surface area contributed by atoms with Crippen molar-refractivity contribution in [1.82, 2.24) is 0 Å². The van der Waals surface area contributed by atoms with E-state index in [9.17, 15) is 9.13 Å². The fraction of sp³-hybridized carbons (Fsp3) is 0.889. The Labute approximate surface area is 158 Å². The van der Waals surface area contributed by atoms with Crippen molar-refractivity contribution >= 4 is 15.2 Å². The minimum Gasteiger partial charge on any atom is -0.308 e. The molecule has 6 nitrogen and oxygen atoms in total. The van der Waals surface area contributed by atoms with Gasteiger partial charge in [-0.2, -0.15) is 0 Å². The lowest BCUT2D eigenvalue weighted by Gasteiger charge is -2.47. The van der Waals surface area contributed by atoms with Gasteiger partial charge in [0.05, 0.1) is 26.4 Å². The van der Waals surface area contributed by atoms with Crippen molar-refractivity contribution in [3.8, 4) is 0 Å². The van der Waals surface area contributed by atoms with Gasteiger partial charge in [0.1, 0.15) is 0 Å². The Balaban J connectivity index is 2.59. The summed E-state index contributed by atoms with van der Waals surface area (Å²) in [6.45, 7) is 7.98. The molecule has 1 fully saturated rings. The van der Waals surface area contributed by atoms with E-state index in [0.717, 1.165) is 19.3 Å². The van der Waals surface area contributed by atoms with E-state index in [0.29, 0.717) is 12.8 Å². The highest BCUT2D eigenvalue weighted by Gasteiger charge is 2.66. The molecule has 2 aliphatic carbocycles. The zero-order valence-electron chi connectivity index (χ0n) is 16.6. The summed E-state index contributed by atoms with van der Waals surface area (Å²) in [6, 6.07) is 0. The molecule has 26 heavy (non-hydrogen) atoms. The van der Waals surface area contributed by atoms with Crippen LogP contribution in [0.5, 0.6) is 0 Å². The Kier molecular flexibility index (Phi) is 8.15. The van der Waals surface area contributed by atoms with Gasteiger partial charge in [0, 0.05) is 0 Å². The summed E-state index contributed by atoms with van der Waals surface area (Å²) in [5, 5.41) is 0. The molecule has 1 saturated carbocycles. The molecule has 0 heterocycles. The van der Waals surface area contributed by atoms with E-state index < -0.39 is 20.1 Å². The molecule has 0 radical (unpaired) electrons. The van der Waals surface area contributed by atoms with Crippen LogP contribution in [0.1, 0.15) is 66.2 Å². The highest BCUT2D eigenvalue weighted by molar-refractivity contribution is 7.74. The fourth-order valence-electron chi connectivity index (χ4n) is 4.22. The average Bonchev–Trinajstić information content (AvgIpc) is 2.62. The molecule has 1 atom stereocenters. The van der Waals surface area contributed by atoms with E-state index >= 15 is 0 Å². The van der Waals surface area contributed by atoms with Gasteiger partial charge in [0.2, 0.25) is 0 Å². The molecule has 8 heteroatoms. The van der Waals surface area contributed by atoms with E-state index in [1.54, 1.807) is 27.7 Å². The fourth-order valence-corrected chi connectivity index (χ4v) is 10.1. The van der Waals surface area contributed by atoms with Gasteiger partial charge < -0.3 is 18.1 Å². The molecular weight excluding hydrogens is 374 g/mol. The van der Waals surface area contributed by atoms with Crippen LogP contribution in [-0.4, -0.2) is 31.3 Å². The summed E-state index contributed by atoms with van der Waals surface area (Å²) in [5.74, 6) is 0.237. The van der Waals surface area contributed by atoms with Crippen molar-refractivity contribution < 1.29 is 27.2 Å². The topological polar surface area (TPSA) is 71.1 Å². The Morgan fingerprint density at radius 1 is 0.923 bits per heavy atom. The van der Waals surface area contributed by atoms with Crippen LogP contribution in [0.25, 0.3) is 0 Å². The molecule has 0 bridgehead atoms. The molecular formula is C18H34O6P2. The molecule has 0 saturated heterocycles. The van der Waals surface area contributed by atoms with Crippen LogP contribution in [0, 0.1) is 5.92 Å². The van der Waals surface area contributed by atoms with Crippen molar-refractivity contribution in [2.45, 2.75) is 71.1 Å². The first-order chi connectivity index (χ1) is 12.4. The van der Waals surface area contributed by atoms with Crippen molar-refractivity contribution in [2.24, 2.45) is 5.92 Å². The molecule has 0 aromatic heterocycles. The summed E-state index contributed by atoms with van der Waals surface area (Å²) >= 11 is 0. The Morgan fingerprint density at radius 2 is 1.42 bits per heavy atom. The van der Waals surface area contributed by atoms with Crippen molar-refractivity contribution in [3.63, 3.8) is 0 Å². The summed E-state index contributed by atoms with van der Waals surface area (Å²) < 4.78 is 50.7. The predicted octanol–water partition coefficient (Wildman–Crippen LogP) is 6.13. The number of hydrogen-bond donors (Lipinski definition) is 0. The lowest BCUT2D eigenvalue weighted by atomic mass is 9.77. The lowest BCUT2D eigenvalue weighted by Crippen LogP contribution is -2.38. The summed E-state index contributed by atoms with van der Waals surface area (Å²) in [4.78, 5) is -1.27. The van der Waals surface area contributed by atoms with Crippen LogP contribution in [0.4, 0.5) is 0 Å². The summed E-state index contributed by atoms with van der Waals surface area (Å²) in [5.41, 5.74) is 1.38. The molecule has 1 unspecified atom stereocenters. The third kappa shape index (κ3) is 4.06. The van der Waals surface area contributed by atoms with Crippen molar-refractivity contribution in [1.29, 1.82) is 0 Å². The molecule has 0 amide bonds. The maximum absolute atomic E-state index is 14.0. The largest absolute Gasteiger partial charge is 0.349 e. The first-order valence-corrected chi connectivity index (χ1v) is 13.0. The molecule has 2 aliphatic rings. The normalized spacial score (nSPS) is 23.4. The maximum Gasteiger partial charge on any atom is 0.349 e. The second-order valence-electron chi connectivity index (χ2n) is 6.78. The van der Waals surface area contributed by atoms with Crippen LogP contribution < -0.4 is 0 Å². The van der Waals surface area contributed by atoms with Gasteiger partial charge in [0.15, 0.2) is 4.90 Å². The van der Waals surface area contributed by atoms with E-state index in [1.807, 2.05) is 0 Å². The van der Waals surface area contributed by atoms with Gasteiger partial charge in [0.25, 0.3) is 0 Å². The van der Waals surface area contributed by atoms with Gasteiger partial charge in [-0.05, 0) is 65.7 Å². The SMILES string of the molecule is CCOP(=O)(OCC)C1(P(=O)(OCC)OCC)CC=C2CCCCC2C1. The highest BCUT2D eigenvalue weighted by Crippen LogP contribution is 2.82. The standard InChI is InChI=1S/C18H34O6P2/c1-5-21-25(19,22-6-2)18(26(20,23-7-3)24-8-4)14-13-16-11-9-10-12-17(16)15-18/h13,17H,5-12,14-15H2,1-4H3. The minimum atomic E-state index is -3.73. The number of hydrogen-bond acceptors (Lipinski definition) is 6. The van der Waals surface area contributed by atoms with Crippen molar-refractivity contribution in [3.05, 3.63) is 11.6 Å². The Hall–Kier alpha value is 0.0400. The Morgan fingerprint density at radius 3 is 1.88 bits per heavy atom. The molecule has 0 aromatic carbocycles. The van der Waals surface area contributed by atoms with E-state index in [-0.39, 0.29) is 32.3 Å². The van der Waals surface area contributed by atoms with Crippen LogP contribution in [0.15, 0.2) is 11.6 Å². The Bertz CT molecular complexity index is 538. The first kappa shape index (κ1) is 22.3. The van der Waals surface area contributed by atoms with E-state index in [2.05, 4.69) is 6.08 Å². The van der Waals surface area contributed by atoms with Crippen LogP contribution >= 0.6 is 15.2 Å². The lowest BCUT2D eigenvalue weighted by molar-refractivity contribution is 0.166. The van der Waals surface area contributed by atoms with Crippen LogP contribution in [-0.2, 0) is 27.2 Å². The average molecular weight is 408 g/mol. The zero-order chi connectivity index (χ0) is 19.3. The van der Waals surface area contributed by atoms with Crippen LogP contribution in [0.3, 0.4) is 0 Å². The molecule has 2 rings (SSSR count). The van der Waals surface area contributed by atoms with Gasteiger partial charge in [-0.25, -0.2) is 0 Å². The highest BCUT2D eigenvalue weighted by atomic mass is 31.2. The van der Waals surface area contributed by atoms with E-state index in [4.69, 9.17) is 18.1 Å². The molecule has 152 valence electrons. The number of rotatable bonds is 10. The van der Waals surface area contributed by atoms with Crippen LogP contribution in [0.2, 0.25) is 0 Å². The molecule has 0 N–H and O–H groups in total. The van der Waals surface area contributed by atoms with Gasteiger partial charge >= 0.3 is 15.2 Å². The molecule has 0 aromatic rings. The quantitative estimate of drug-likeness (QED) is 0.320. The monoisotopic (exact) mass is 408 g/mol. The smallest absolute Gasteiger partial charge is 0.308 e. The van der Waals surface area contributed by atoms with Gasteiger partial charge in [-0.15, -0.1) is 0 Å².